The molecule has 2 heteroatoms. The molecule has 0 unspecified atom stereocenters. The molecular formula is C13H16N2. The molecule has 0 N–H and O–H groups in total. The van der Waals surface area contributed by atoms with Crippen molar-refractivity contribution in [2.24, 2.45) is 33.2 Å². The molecule has 15 heavy (non-hydrogen) atoms. The number of rotatable bonds is 1. The summed E-state index contributed by atoms with van der Waals surface area (Å²) in [6.07, 6.45) is 10.6. The van der Waals surface area contributed by atoms with E-state index in [1.165, 1.54) is 44.2 Å². The molecule has 0 atom stereocenters. The molecule has 4 bridgehead atoms. The second-order valence-electron chi connectivity index (χ2n) is 6.05. The zero-order chi connectivity index (χ0) is 9.88. The lowest BCUT2D eigenvalue weighted by molar-refractivity contribution is -0.0110. The van der Waals surface area contributed by atoms with Gasteiger partial charge in [0.1, 0.15) is 0 Å². The third kappa shape index (κ3) is 1.11. The fourth-order valence-electron chi connectivity index (χ4n) is 4.88. The Balaban J connectivity index is 1.74. The van der Waals surface area contributed by atoms with Crippen LogP contribution in [0.4, 0.5) is 0 Å². The Bertz CT molecular complexity index is 318. The molecule has 0 aromatic rings. The van der Waals surface area contributed by atoms with Crippen LogP contribution in [0.15, 0.2) is 9.98 Å². The van der Waals surface area contributed by atoms with E-state index in [2.05, 4.69) is 16.7 Å². The predicted octanol–water partition coefficient (Wildman–Crippen LogP) is 2.72. The standard InChI is InChI=1S/C13H16N2/c1-9-2-11-3-10(1)5-13(4-9,6-11)12-7-14-8-15-12/h7,9-11H,1-6H2. The normalized spacial score (nSPS) is 51.2. The van der Waals surface area contributed by atoms with Crippen molar-refractivity contribution in [1.82, 2.24) is 0 Å². The second-order valence-corrected chi connectivity index (χ2v) is 6.05. The van der Waals surface area contributed by atoms with Crippen LogP contribution in [-0.2, 0) is 0 Å². The molecule has 2 nitrogen and oxygen atoms in total. The van der Waals surface area contributed by atoms with E-state index >= 15 is 0 Å². The van der Waals surface area contributed by atoms with Crippen LogP contribution in [0.3, 0.4) is 0 Å². The predicted molar refractivity (Wildman–Crippen MR) is 59.8 cm³/mol. The lowest BCUT2D eigenvalue weighted by atomic mass is 9.48. The Morgan fingerprint density at radius 1 is 1.07 bits per heavy atom. The van der Waals surface area contributed by atoms with E-state index in [9.17, 15) is 0 Å². The van der Waals surface area contributed by atoms with Gasteiger partial charge in [-0.3, -0.25) is 4.99 Å². The Morgan fingerprint density at radius 2 is 1.67 bits per heavy atom. The van der Waals surface area contributed by atoms with Gasteiger partial charge in [0.2, 0.25) is 6.67 Å². The Kier molecular flexibility index (Phi) is 1.54. The molecule has 0 aromatic heterocycles. The van der Waals surface area contributed by atoms with Crippen LogP contribution in [0.1, 0.15) is 38.5 Å². The molecule has 78 valence electrons. The van der Waals surface area contributed by atoms with Crippen molar-refractivity contribution in [3.63, 3.8) is 0 Å². The van der Waals surface area contributed by atoms with Crippen LogP contribution in [0.2, 0.25) is 0 Å². The van der Waals surface area contributed by atoms with Crippen LogP contribution in [0.5, 0.6) is 0 Å². The highest BCUT2D eigenvalue weighted by Crippen LogP contribution is 2.60. The lowest BCUT2D eigenvalue weighted by Crippen LogP contribution is -2.50. The molecule has 0 saturated heterocycles. The Morgan fingerprint density at radius 3 is 2.13 bits per heavy atom. The molecule has 4 aliphatic carbocycles. The average Bonchev–Trinajstić information content (AvgIpc) is 2.67. The molecule has 1 aliphatic heterocycles. The highest BCUT2D eigenvalue weighted by molar-refractivity contribution is 6.34. The van der Waals surface area contributed by atoms with Gasteiger partial charge in [-0.25, -0.2) is 4.99 Å². The highest BCUT2D eigenvalue weighted by atomic mass is 15.0. The maximum Gasteiger partial charge on any atom is 0.250 e. The Labute approximate surface area is 90.9 Å². The smallest absolute Gasteiger partial charge is 0.250 e. The van der Waals surface area contributed by atoms with Crippen LogP contribution >= 0.6 is 0 Å². The first-order valence-electron chi connectivity index (χ1n) is 6.20. The van der Waals surface area contributed by atoms with E-state index in [1.54, 1.807) is 0 Å². The summed E-state index contributed by atoms with van der Waals surface area (Å²) in [5.74, 6) is 2.98. The molecule has 4 saturated carbocycles. The van der Waals surface area contributed by atoms with Crippen molar-refractivity contribution in [1.29, 1.82) is 0 Å². The molecule has 0 aromatic carbocycles. The molecule has 5 aliphatic rings. The van der Waals surface area contributed by atoms with Crippen LogP contribution in [-0.4, -0.2) is 11.9 Å². The van der Waals surface area contributed by atoms with E-state index in [0.29, 0.717) is 5.41 Å². The van der Waals surface area contributed by atoms with Crippen LogP contribution in [0, 0.1) is 29.8 Å². The molecule has 2 radical (unpaired) electrons. The minimum absolute atomic E-state index is 0.418. The molecular weight excluding hydrogens is 184 g/mol. The molecule has 0 spiro atoms. The largest absolute Gasteiger partial charge is 0.252 e. The summed E-state index contributed by atoms with van der Waals surface area (Å²) in [4.78, 5) is 8.41. The van der Waals surface area contributed by atoms with Gasteiger partial charge in [0.05, 0.1) is 5.71 Å². The maximum absolute atomic E-state index is 4.37. The van der Waals surface area contributed by atoms with Gasteiger partial charge in [-0.05, 0) is 56.3 Å². The van der Waals surface area contributed by atoms with E-state index < -0.39 is 0 Å². The molecule has 1 heterocycles. The quantitative estimate of drug-likeness (QED) is 0.622. The van der Waals surface area contributed by atoms with Crippen molar-refractivity contribution < 1.29 is 0 Å². The van der Waals surface area contributed by atoms with Gasteiger partial charge >= 0.3 is 0 Å². The second kappa shape index (κ2) is 2.72. The summed E-state index contributed by atoms with van der Waals surface area (Å²) in [6.45, 7) is 2.75. The summed E-state index contributed by atoms with van der Waals surface area (Å²) in [7, 11) is 0. The van der Waals surface area contributed by atoms with E-state index in [1.807, 2.05) is 6.21 Å². The van der Waals surface area contributed by atoms with Gasteiger partial charge in [0.25, 0.3) is 0 Å². The summed E-state index contributed by atoms with van der Waals surface area (Å²) in [5.41, 5.74) is 1.67. The fourth-order valence-corrected chi connectivity index (χ4v) is 4.88. The first-order valence-corrected chi connectivity index (χ1v) is 6.20. The first kappa shape index (κ1) is 8.49. The molecule has 4 fully saturated rings. The topological polar surface area (TPSA) is 24.7 Å². The Hall–Kier alpha value is -0.660. The van der Waals surface area contributed by atoms with Gasteiger partial charge in [0, 0.05) is 11.6 Å². The number of hydrogen-bond donors (Lipinski definition) is 0. The van der Waals surface area contributed by atoms with Gasteiger partial charge < -0.3 is 0 Å². The van der Waals surface area contributed by atoms with Gasteiger partial charge in [-0.15, -0.1) is 0 Å². The van der Waals surface area contributed by atoms with Gasteiger partial charge in [-0.1, -0.05) is 0 Å². The number of hydrogen-bond acceptors (Lipinski definition) is 2. The summed E-state index contributed by atoms with van der Waals surface area (Å²) in [6, 6.07) is 0. The van der Waals surface area contributed by atoms with Crippen LogP contribution < -0.4 is 0 Å². The highest BCUT2D eigenvalue weighted by Gasteiger charge is 2.53. The molecule has 5 rings (SSSR count). The third-order valence-corrected chi connectivity index (χ3v) is 5.00. The van der Waals surface area contributed by atoms with Gasteiger partial charge in [-0.2, -0.15) is 0 Å². The van der Waals surface area contributed by atoms with Crippen LogP contribution in [0.25, 0.3) is 0 Å². The lowest BCUT2D eigenvalue weighted by Gasteiger charge is -2.56. The summed E-state index contributed by atoms with van der Waals surface area (Å²) < 4.78 is 0. The molecule has 0 amide bonds. The van der Waals surface area contributed by atoms with E-state index in [-0.39, 0.29) is 0 Å². The van der Waals surface area contributed by atoms with Crippen molar-refractivity contribution in [2.75, 3.05) is 0 Å². The van der Waals surface area contributed by atoms with E-state index in [0.717, 1.165) is 17.8 Å². The van der Waals surface area contributed by atoms with Crippen molar-refractivity contribution in [3.8, 4) is 0 Å². The number of nitrogens with zero attached hydrogens (tertiary/aromatic N) is 2. The summed E-state index contributed by atoms with van der Waals surface area (Å²) >= 11 is 0. The summed E-state index contributed by atoms with van der Waals surface area (Å²) in [5, 5.41) is 0. The SMILES string of the molecule is [C]1N=CC(C23CC4CC(CC(C4)C2)C3)=N1. The third-order valence-electron chi connectivity index (χ3n) is 5.00. The first-order chi connectivity index (χ1) is 7.34. The zero-order valence-electron chi connectivity index (χ0n) is 8.95. The minimum Gasteiger partial charge on any atom is -0.252 e. The van der Waals surface area contributed by atoms with Crippen molar-refractivity contribution in [3.05, 3.63) is 6.67 Å². The monoisotopic (exact) mass is 200 g/mol. The fraction of sp³-hybridized carbons (Fsp3) is 0.769. The average molecular weight is 200 g/mol. The maximum atomic E-state index is 4.37. The zero-order valence-corrected chi connectivity index (χ0v) is 8.95. The van der Waals surface area contributed by atoms with E-state index in [4.69, 9.17) is 0 Å². The minimum atomic E-state index is 0.418. The van der Waals surface area contributed by atoms with Gasteiger partial charge in [0.15, 0.2) is 0 Å². The van der Waals surface area contributed by atoms with Crippen molar-refractivity contribution in [2.45, 2.75) is 38.5 Å². The number of aliphatic imine (C=N–C) groups is 2. The van der Waals surface area contributed by atoms with Crippen molar-refractivity contribution >= 4 is 11.9 Å².